The average molecular weight is 1020 g/mol. The second kappa shape index (κ2) is 61.9. The number of carbonyl (C=O) groups excluding carboxylic acids is 3. The molecule has 0 N–H and O–H groups in total. The molecule has 0 aliphatic rings. The highest BCUT2D eigenvalue weighted by Gasteiger charge is 2.19. The number of allylic oxidation sites excluding steroid dienone is 8. The van der Waals surface area contributed by atoms with Crippen molar-refractivity contribution >= 4 is 17.9 Å². The van der Waals surface area contributed by atoms with E-state index in [1.165, 1.54) is 218 Å². The fraction of sp³-hybridized carbons (Fsp3) is 0.836. The maximum atomic E-state index is 12.8. The van der Waals surface area contributed by atoms with Crippen molar-refractivity contribution < 1.29 is 28.6 Å². The van der Waals surface area contributed by atoms with Crippen LogP contribution in [0, 0.1) is 0 Å². The van der Waals surface area contributed by atoms with E-state index >= 15 is 0 Å². The van der Waals surface area contributed by atoms with E-state index in [1.54, 1.807) is 0 Å². The molecule has 0 amide bonds. The van der Waals surface area contributed by atoms with Gasteiger partial charge in [0, 0.05) is 19.3 Å². The molecule has 1 unspecified atom stereocenters. The van der Waals surface area contributed by atoms with Gasteiger partial charge in [0.1, 0.15) is 13.2 Å². The van der Waals surface area contributed by atoms with Gasteiger partial charge >= 0.3 is 17.9 Å². The van der Waals surface area contributed by atoms with Gasteiger partial charge in [0.05, 0.1) is 0 Å². The molecule has 0 heterocycles. The lowest BCUT2D eigenvalue weighted by atomic mass is 10.0. The summed E-state index contributed by atoms with van der Waals surface area (Å²) in [6.07, 6.45) is 77.2. The van der Waals surface area contributed by atoms with Gasteiger partial charge in [-0.2, -0.15) is 0 Å². The van der Waals surface area contributed by atoms with Crippen molar-refractivity contribution in [3.8, 4) is 0 Å². The van der Waals surface area contributed by atoms with Crippen LogP contribution in [-0.4, -0.2) is 37.2 Å². The fourth-order valence-electron chi connectivity index (χ4n) is 9.56. The SMILES string of the molecule is CC/C=C\C/C=C\C/C=C\C/C=C\CCCCCCCCCCCCCCCCCCCCCCC(=O)OCC(COC(=O)CCCCCCCCCCCC)OC(=O)CCCCCCCCCCCCCC. The smallest absolute Gasteiger partial charge is 0.306 e. The number of esters is 3. The van der Waals surface area contributed by atoms with E-state index in [0.29, 0.717) is 19.3 Å². The maximum Gasteiger partial charge on any atom is 0.306 e. The number of hydrogen-bond acceptors (Lipinski definition) is 6. The molecule has 0 aromatic heterocycles. The highest BCUT2D eigenvalue weighted by Crippen LogP contribution is 2.18. The number of hydrogen-bond donors (Lipinski definition) is 0. The first-order chi connectivity index (χ1) is 36.0. The summed E-state index contributed by atoms with van der Waals surface area (Å²) in [5.74, 6) is -0.846. The molecule has 0 fully saturated rings. The monoisotopic (exact) mass is 1020 g/mol. The largest absolute Gasteiger partial charge is 0.462 e. The van der Waals surface area contributed by atoms with Crippen molar-refractivity contribution in [2.24, 2.45) is 0 Å². The molecule has 0 bridgehead atoms. The van der Waals surface area contributed by atoms with Gasteiger partial charge in [-0.15, -0.1) is 0 Å². The minimum Gasteiger partial charge on any atom is -0.462 e. The van der Waals surface area contributed by atoms with E-state index < -0.39 is 6.10 Å². The Morgan fingerprint density at radius 1 is 0.288 bits per heavy atom. The van der Waals surface area contributed by atoms with Crippen LogP contribution in [0.2, 0.25) is 0 Å². The summed E-state index contributed by atoms with van der Waals surface area (Å²) < 4.78 is 16.9. The Labute approximate surface area is 454 Å². The molecule has 0 spiro atoms. The van der Waals surface area contributed by atoms with E-state index in [0.717, 1.165) is 83.5 Å². The minimum absolute atomic E-state index is 0.0656. The second-order valence-electron chi connectivity index (χ2n) is 21.7. The van der Waals surface area contributed by atoms with Gasteiger partial charge in [0.25, 0.3) is 0 Å². The lowest BCUT2D eigenvalue weighted by Crippen LogP contribution is -2.30. The van der Waals surface area contributed by atoms with E-state index in [-0.39, 0.29) is 31.1 Å². The third-order valence-electron chi connectivity index (χ3n) is 14.3. The zero-order valence-electron chi connectivity index (χ0n) is 48.9. The van der Waals surface area contributed by atoms with Crippen molar-refractivity contribution in [3.05, 3.63) is 48.6 Å². The van der Waals surface area contributed by atoms with Crippen LogP contribution >= 0.6 is 0 Å². The predicted molar refractivity (Wildman–Crippen MR) is 316 cm³/mol. The van der Waals surface area contributed by atoms with Crippen molar-refractivity contribution in [2.45, 2.75) is 348 Å². The van der Waals surface area contributed by atoms with E-state index in [4.69, 9.17) is 14.2 Å². The zero-order chi connectivity index (χ0) is 52.9. The molecule has 426 valence electrons. The van der Waals surface area contributed by atoms with Crippen LogP contribution in [0.25, 0.3) is 0 Å². The van der Waals surface area contributed by atoms with Crippen molar-refractivity contribution in [3.63, 3.8) is 0 Å². The second-order valence-corrected chi connectivity index (χ2v) is 21.7. The molecule has 0 saturated carbocycles. The van der Waals surface area contributed by atoms with E-state index in [2.05, 4.69) is 69.4 Å². The molecule has 0 saturated heterocycles. The van der Waals surface area contributed by atoms with E-state index in [1.807, 2.05) is 0 Å². The fourth-order valence-corrected chi connectivity index (χ4v) is 9.56. The lowest BCUT2D eigenvalue weighted by Gasteiger charge is -2.18. The van der Waals surface area contributed by atoms with Gasteiger partial charge in [0.2, 0.25) is 0 Å². The van der Waals surface area contributed by atoms with Gasteiger partial charge in [0.15, 0.2) is 6.10 Å². The first-order valence-corrected chi connectivity index (χ1v) is 32.1. The van der Waals surface area contributed by atoms with Gasteiger partial charge in [-0.05, 0) is 57.8 Å². The Morgan fingerprint density at radius 3 is 0.836 bits per heavy atom. The highest BCUT2D eigenvalue weighted by atomic mass is 16.6. The molecule has 0 aromatic rings. The summed E-state index contributed by atoms with van der Waals surface area (Å²) in [4.78, 5) is 38.1. The Hall–Kier alpha value is -2.63. The highest BCUT2D eigenvalue weighted by molar-refractivity contribution is 5.71. The Bertz CT molecular complexity index is 1270. The topological polar surface area (TPSA) is 78.9 Å². The van der Waals surface area contributed by atoms with Gasteiger partial charge in [-0.25, -0.2) is 0 Å². The first kappa shape index (κ1) is 70.4. The molecular weight excluding hydrogens is 901 g/mol. The van der Waals surface area contributed by atoms with Crippen LogP contribution in [-0.2, 0) is 28.6 Å². The molecule has 0 aliphatic heterocycles. The molecule has 0 radical (unpaired) electrons. The molecule has 1 atom stereocenters. The number of rotatable bonds is 59. The Morgan fingerprint density at radius 2 is 0.534 bits per heavy atom. The molecule has 0 rings (SSSR count). The summed E-state index contributed by atoms with van der Waals surface area (Å²) >= 11 is 0. The number of ether oxygens (including phenoxy) is 3. The number of unbranched alkanes of at least 4 members (excludes halogenated alkanes) is 40. The van der Waals surface area contributed by atoms with Crippen molar-refractivity contribution in [2.75, 3.05) is 13.2 Å². The third kappa shape index (κ3) is 60.1. The van der Waals surface area contributed by atoms with Crippen LogP contribution in [0.15, 0.2) is 48.6 Å². The lowest BCUT2D eigenvalue weighted by molar-refractivity contribution is -0.167. The first-order valence-electron chi connectivity index (χ1n) is 32.1. The number of carbonyl (C=O) groups is 3. The van der Waals surface area contributed by atoms with Crippen LogP contribution < -0.4 is 0 Å². The van der Waals surface area contributed by atoms with Crippen LogP contribution in [0.1, 0.15) is 342 Å². The normalized spacial score (nSPS) is 12.3. The van der Waals surface area contributed by atoms with Crippen molar-refractivity contribution in [1.29, 1.82) is 0 Å². The van der Waals surface area contributed by atoms with Crippen molar-refractivity contribution in [1.82, 2.24) is 0 Å². The Balaban J connectivity index is 3.99. The summed E-state index contributed by atoms with van der Waals surface area (Å²) in [5, 5.41) is 0. The summed E-state index contributed by atoms with van der Waals surface area (Å²) in [5.41, 5.74) is 0. The van der Waals surface area contributed by atoms with E-state index in [9.17, 15) is 14.4 Å². The molecule has 6 heteroatoms. The van der Waals surface area contributed by atoms with Gasteiger partial charge in [-0.3, -0.25) is 14.4 Å². The van der Waals surface area contributed by atoms with Crippen LogP contribution in [0.3, 0.4) is 0 Å². The maximum absolute atomic E-state index is 12.8. The molecule has 0 aliphatic carbocycles. The third-order valence-corrected chi connectivity index (χ3v) is 14.3. The van der Waals surface area contributed by atoms with Crippen LogP contribution in [0.5, 0.6) is 0 Å². The quantitative estimate of drug-likeness (QED) is 0.0261. The zero-order valence-corrected chi connectivity index (χ0v) is 48.9. The van der Waals surface area contributed by atoms with Gasteiger partial charge in [-0.1, -0.05) is 313 Å². The van der Waals surface area contributed by atoms with Crippen LogP contribution in [0.4, 0.5) is 0 Å². The molecule has 0 aromatic carbocycles. The molecule has 73 heavy (non-hydrogen) atoms. The average Bonchev–Trinajstić information content (AvgIpc) is 3.39. The van der Waals surface area contributed by atoms with Gasteiger partial charge < -0.3 is 14.2 Å². The predicted octanol–water partition coefficient (Wildman–Crippen LogP) is 21.8. The summed E-state index contributed by atoms with van der Waals surface area (Å²) in [6.45, 7) is 6.55. The summed E-state index contributed by atoms with van der Waals surface area (Å²) in [7, 11) is 0. The molecular formula is C67H122O6. The minimum atomic E-state index is -0.765. The molecule has 6 nitrogen and oxygen atoms in total. The summed E-state index contributed by atoms with van der Waals surface area (Å²) in [6, 6.07) is 0. The Kier molecular flexibility index (Phi) is 59.7. The standard InChI is InChI=1S/C67H122O6/c1-4-7-10-13-16-19-22-24-25-26-27-28-29-30-31-32-33-34-35-36-37-38-39-40-41-42-43-44-46-48-51-54-57-60-66(69)72-63-64(62-71-65(68)59-56-53-50-47-21-18-15-12-9-6-3)73-67(70)61-58-55-52-49-45-23-20-17-14-11-8-5-2/h7,10,16,19,24-25,27-28,64H,4-6,8-9,11-15,17-18,20-23,26,29-63H2,1-3H3/b10-7-,19-16-,25-24-,28-27-.